The van der Waals surface area contributed by atoms with Crippen molar-refractivity contribution < 1.29 is 8.42 Å². The van der Waals surface area contributed by atoms with E-state index in [4.69, 9.17) is 0 Å². The molecule has 1 aromatic rings. The number of hydrogen-bond acceptors (Lipinski definition) is 6. The Bertz CT molecular complexity index is 639. The fraction of sp³-hybridized carbons (Fsp3) is 0.769. The Hall–Kier alpha value is -1.33. The van der Waals surface area contributed by atoms with Crippen molar-refractivity contribution in [2.45, 2.75) is 13.5 Å². The van der Waals surface area contributed by atoms with Gasteiger partial charge in [0.05, 0.1) is 5.75 Å². The third kappa shape index (κ3) is 5.64. The number of hydrogen-bond donors (Lipinski definition) is 2. The standard InChI is InChI=1S/C13H25N7O2S2/c1-3-14-13(16-10-12-17-11-18-19(12)2)15-4-9-24(21,22)20-5-7-23-8-6-20/h11H,3-10H2,1-2H3,(H2,14,15,16). The van der Waals surface area contributed by atoms with Gasteiger partial charge in [-0.05, 0) is 6.92 Å². The molecule has 0 unspecified atom stereocenters. The minimum atomic E-state index is -3.21. The number of aromatic nitrogens is 3. The van der Waals surface area contributed by atoms with Crippen molar-refractivity contribution in [3.8, 4) is 0 Å². The van der Waals surface area contributed by atoms with E-state index in [1.807, 2.05) is 14.0 Å². The van der Waals surface area contributed by atoms with E-state index >= 15 is 0 Å². The predicted molar refractivity (Wildman–Crippen MR) is 96.5 cm³/mol. The molecule has 0 spiro atoms. The van der Waals surface area contributed by atoms with Gasteiger partial charge in [-0.25, -0.2) is 22.7 Å². The molecule has 1 saturated heterocycles. The van der Waals surface area contributed by atoms with Crippen molar-refractivity contribution in [3.05, 3.63) is 12.2 Å². The van der Waals surface area contributed by atoms with Crippen LogP contribution in [0.5, 0.6) is 0 Å². The second-order valence-electron chi connectivity index (χ2n) is 5.25. The van der Waals surface area contributed by atoms with Gasteiger partial charge in [-0.15, -0.1) is 0 Å². The van der Waals surface area contributed by atoms with Gasteiger partial charge in [0.2, 0.25) is 10.0 Å². The Morgan fingerprint density at radius 2 is 2.12 bits per heavy atom. The summed E-state index contributed by atoms with van der Waals surface area (Å²) in [6.45, 7) is 4.56. The molecule has 0 aliphatic carbocycles. The van der Waals surface area contributed by atoms with Crippen molar-refractivity contribution in [1.29, 1.82) is 0 Å². The molecule has 0 saturated carbocycles. The van der Waals surface area contributed by atoms with Crippen LogP contribution in [0.15, 0.2) is 11.3 Å². The van der Waals surface area contributed by atoms with Crippen molar-refractivity contribution >= 4 is 27.7 Å². The maximum Gasteiger partial charge on any atom is 0.215 e. The number of nitrogens with zero attached hydrogens (tertiary/aromatic N) is 5. The molecule has 0 amide bonds. The van der Waals surface area contributed by atoms with Crippen LogP contribution in [0.1, 0.15) is 12.7 Å². The fourth-order valence-electron chi connectivity index (χ4n) is 2.21. The van der Waals surface area contributed by atoms with E-state index in [2.05, 4.69) is 25.7 Å². The molecule has 0 atom stereocenters. The number of guanidine groups is 1. The van der Waals surface area contributed by atoms with Gasteiger partial charge in [-0.2, -0.15) is 16.9 Å². The molecular weight excluding hydrogens is 350 g/mol. The van der Waals surface area contributed by atoms with Gasteiger partial charge < -0.3 is 10.6 Å². The lowest BCUT2D eigenvalue weighted by Gasteiger charge is -2.25. The minimum absolute atomic E-state index is 0.0615. The summed E-state index contributed by atoms with van der Waals surface area (Å²) in [7, 11) is -1.40. The van der Waals surface area contributed by atoms with Gasteiger partial charge in [0.1, 0.15) is 18.7 Å². The lowest BCUT2D eigenvalue weighted by molar-refractivity contribution is 0.443. The summed E-state index contributed by atoms with van der Waals surface area (Å²) in [6, 6.07) is 0. The molecule has 1 aromatic heterocycles. The summed E-state index contributed by atoms with van der Waals surface area (Å²) in [5, 5.41) is 10.2. The summed E-state index contributed by atoms with van der Waals surface area (Å²) in [4.78, 5) is 8.52. The Kier molecular flexibility index (Phi) is 7.31. The second kappa shape index (κ2) is 9.23. The average Bonchev–Trinajstić information content (AvgIpc) is 2.98. The average molecular weight is 376 g/mol. The number of nitrogens with one attached hydrogen (secondary N) is 2. The molecule has 2 rings (SSSR count). The summed E-state index contributed by atoms with van der Waals surface area (Å²) in [5.41, 5.74) is 0. The van der Waals surface area contributed by atoms with Crippen molar-refractivity contribution in [3.63, 3.8) is 0 Å². The first-order chi connectivity index (χ1) is 11.5. The first kappa shape index (κ1) is 19.0. The number of aliphatic imine (C=N–C) groups is 1. The summed E-state index contributed by atoms with van der Waals surface area (Å²) in [5.74, 6) is 3.12. The van der Waals surface area contributed by atoms with Crippen LogP contribution >= 0.6 is 11.8 Å². The van der Waals surface area contributed by atoms with Gasteiger partial charge in [0, 0.05) is 44.7 Å². The highest BCUT2D eigenvalue weighted by molar-refractivity contribution is 7.99. The summed E-state index contributed by atoms with van der Waals surface area (Å²) < 4.78 is 27.9. The highest BCUT2D eigenvalue weighted by Crippen LogP contribution is 2.12. The molecule has 1 aliphatic rings. The van der Waals surface area contributed by atoms with Gasteiger partial charge in [-0.1, -0.05) is 0 Å². The van der Waals surface area contributed by atoms with Gasteiger partial charge in [0.15, 0.2) is 5.96 Å². The molecule has 0 aromatic carbocycles. The number of rotatable bonds is 7. The Balaban J connectivity index is 1.85. The molecule has 1 aliphatic heterocycles. The topological polar surface area (TPSA) is 105 Å². The number of sulfonamides is 1. The quantitative estimate of drug-likeness (QED) is 0.477. The molecule has 2 heterocycles. The molecule has 0 bridgehead atoms. The third-order valence-electron chi connectivity index (χ3n) is 3.54. The number of aryl methyl sites for hydroxylation is 1. The van der Waals surface area contributed by atoms with E-state index in [1.165, 1.54) is 6.33 Å². The van der Waals surface area contributed by atoms with Crippen LogP contribution in [0, 0.1) is 0 Å². The molecule has 1 fully saturated rings. The molecule has 9 nitrogen and oxygen atoms in total. The van der Waals surface area contributed by atoms with Gasteiger partial charge in [0.25, 0.3) is 0 Å². The maximum absolute atomic E-state index is 12.3. The molecule has 24 heavy (non-hydrogen) atoms. The fourth-order valence-corrected chi connectivity index (χ4v) is 4.70. The van der Waals surface area contributed by atoms with Crippen molar-refractivity contribution in [2.75, 3.05) is 43.4 Å². The minimum Gasteiger partial charge on any atom is -0.357 e. The van der Waals surface area contributed by atoms with E-state index in [9.17, 15) is 8.42 Å². The van der Waals surface area contributed by atoms with Crippen molar-refractivity contribution in [1.82, 2.24) is 29.7 Å². The predicted octanol–water partition coefficient (Wildman–Crippen LogP) is -0.751. The molecular formula is C13H25N7O2S2. The summed E-state index contributed by atoms with van der Waals surface area (Å²) >= 11 is 1.79. The summed E-state index contributed by atoms with van der Waals surface area (Å²) in [6.07, 6.45) is 1.48. The van der Waals surface area contributed by atoms with E-state index < -0.39 is 10.0 Å². The van der Waals surface area contributed by atoms with Gasteiger partial charge >= 0.3 is 0 Å². The van der Waals surface area contributed by atoms with Crippen molar-refractivity contribution in [2.24, 2.45) is 12.0 Å². The van der Waals surface area contributed by atoms with E-state index in [0.717, 1.165) is 17.3 Å². The molecule has 2 N–H and O–H groups in total. The molecule has 11 heteroatoms. The first-order valence-electron chi connectivity index (χ1n) is 7.93. The monoisotopic (exact) mass is 375 g/mol. The largest absolute Gasteiger partial charge is 0.357 e. The smallest absolute Gasteiger partial charge is 0.215 e. The zero-order valence-corrected chi connectivity index (χ0v) is 15.7. The van der Waals surface area contributed by atoms with Crippen LogP contribution in [-0.2, 0) is 23.6 Å². The molecule has 0 radical (unpaired) electrons. The highest BCUT2D eigenvalue weighted by atomic mass is 32.2. The third-order valence-corrected chi connectivity index (χ3v) is 6.36. The maximum atomic E-state index is 12.3. The van der Waals surface area contributed by atoms with Crippen LogP contribution in [-0.4, -0.2) is 76.9 Å². The van der Waals surface area contributed by atoms with Crippen LogP contribution in [0.3, 0.4) is 0 Å². The van der Waals surface area contributed by atoms with E-state index in [0.29, 0.717) is 38.7 Å². The highest BCUT2D eigenvalue weighted by Gasteiger charge is 2.23. The van der Waals surface area contributed by atoms with Crippen LogP contribution < -0.4 is 10.6 Å². The zero-order chi connectivity index (χ0) is 17.4. The lowest BCUT2D eigenvalue weighted by atomic mass is 10.6. The second-order valence-corrected chi connectivity index (χ2v) is 8.56. The number of thioether (sulfide) groups is 1. The van der Waals surface area contributed by atoms with Crippen LogP contribution in [0.4, 0.5) is 0 Å². The van der Waals surface area contributed by atoms with Crippen LogP contribution in [0.2, 0.25) is 0 Å². The Labute approximate surface area is 147 Å². The SMILES string of the molecule is CCNC(=NCc1ncnn1C)NCCS(=O)(=O)N1CCSCC1. The lowest BCUT2D eigenvalue weighted by Crippen LogP contribution is -2.44. The van der Waals surface area contributed by atoms with Crippen LogP contribution in [0.25, 0.3) is 0 Å². The zero-order valence-electron chi connectivity index (χ0n) is 14.1. The normalized spacial score (nSPS) is 17.0. The molecule has 136 valence electrons. The first-order valence-corrected chi connectivity index (χ1v) is 10.7. The van der Waals surface area contributed by atoms with E-state index in [-0.39, 0.29) is 5.75 Å². The van der Waals surface area contributed by atoms with E-state index in [1.54, 1.807) is 20.7 Å². The van der Waals surface area contributed by atoms with Gasteiger partial charge in [-0.3, -0.25) is 4.68 Å². The Morgan fingerprint density at radius 3 is 2.75 bits per heavy atom. The Morgan fingerprint density at radius 1 is 1.38 bits per heavy atom.